The lowest BCUT2D eigenvalue weighted by molar-refractivity contribution is -0.126. The van der Waals surface area contributed by atoms with Crippen molar-refractivity contribution in [3.05, 3.63) is 0 Å². The molecular weight excluding hydrogens is 152 g/mol. The fourth-order valence-electron chi connectivity index (χ4n) is 3.31. The summed E-state index contributed by atoms with van der Waals surface area (Å²) in [5, 5.41) is 0. The molecule has 0 N–H and O–H groups in total. The molecule has 12 heavy (non-hydrogen) atoms. The highest BCUT2D eigenvalue weighted by atomic mass is 16.5. The smallest absolute Gasteiger partial charge is 0.133 e. The van der Waals surface area contributed by atoms with Crippen LogP contribution < -0.4 is 0 Å². The first-order chi connectivity index (χ1) is 5.72. The van der Waals surface area contributed by atoms with E-state index in [-0.39, 0.29) is 0 Å². The Labute approximate surface area is 72.3 Å². The van der Waals surface area contributed by atoms with Crippen LogP contribution in [0.2, 0.25) is 0 Å². The highest BCUT2D eigenvalue weighted by Gasteiger charge is 2.64. The molecule has 2 saturated carbocycles. The van der Waals surface area contributed by atoms with Crippen LogP contribution in [0.1, 0.15) is 19.8 Å². The predicted octanol–water partition coefficient (Wildman–Crippen LogP) is 1.25. The molecular formula is C10H14O2. The van der Waals surface area contributed by atoms with Gasteiger partial charge in [-0.05, 0) is 31.6 Å². The lowest BCUT2D eigenvalue weighted by Gasteiger charge is -2.39. The van der Waals surface area contributed by atoms with E-state index in [1.54, 1.807) is 6.92 Å². The van der Waals surface area contributed by atoms with Crippen LogP contribution in [0, 0.1) is 23.2 Å². The molecule has 2 atom stereocenters. The van der Waals surface area contributed by atoms with Gasteiger partial charge in [0.1, 0.15) is 5.78 Å². The quantitative estimate of drug-likeness (QED) is 0.586. The number of hydrogen-bond donors (Lipinski definition) is 0. The third-order valence-corrected chi connectivity index (χ3v) is 3.95. The van der Waals surface area contributed by atoms with Crippen LogP contribution in [0.15, 0.2) is 0 Å². The third kappa shape index (κ3) is 0.717. The van der Waals surface area contributed by atoms with Gasteiger partial charge in [0.25, 0.3) is 0 Å². The maximum Gasteiger partial charge on any atom is 0.133 e. The average molecular weight is 166 g/mol. The van der Waals surface area contributed by atoms with E-state index in [4.69, 9.17) is 4.74 Å². The molecule has 0 unspecified atom stereocenters. The Kier molecular flexibility index (Phi) is 1.13. The van der Waals surface area contributed by atoms with E-state index >= 15 is 0 Å². The zero-order valence-electron chi connectivity index (χ0n) is 7.38. The van der Waals surface area contributed by atoms with E-state index in [9.17, 15) is 4.79 Å². The van der Waals surface area contributed by atoms with Crippen LogP contribution in [0.3, 0.4) is 0 Å². The Morgan fingerprint density at radius 3 is 2.25 bits per heavy atom. The molecule has 1 heterocycles. The molecule has 0 aromatic rings. The number of carbonyl (C=O) groups is 1. The first-order valence-corrected chi connectivity index (χ1v) is 4.80. The summed E-state index contributed by atoms with van der Waals surface area (Å²) in [6.07, 6.45) is 2.53. The third-order valence-electron chi connectivity index (χ3n) is 3.95. The van der Waals surface area contributed by atoms with Gasteiger partial charge in [-0.3, -0.25) is 4.79 Å². The van der Waals surface area contributed by atoms with Gasteiger partial charge in [0.05, 0.1) is 13.2 Å². The summed E-state index contributed by atoms with van der Waals surface area (Å²) in [6, 6.07) is 0. The van der Waals surface area contributed by atoms with E-state index < -0.39 is 0 Å². The van der Waals surface area contributed by atoms with Gasteiger partial charge >= 0.3 is 0 Å². The molecule has 2 heteroatoms. The largest absolute Gasteiger partial charge is 0.380 e. The number of rotatable bonds is 1. The minimum Gasteiger partial charge on any atom is -0.380 e. The van der Waals surface area contributed by atoms with Crippen molar-refractivity contribution in [1.82, 2.24) is 0 Å². The Morgan fingerprint density at radius 1 is 1.33 bits per heavy atom. The monoisotopic (exact) mass is 166 g/mol. The van der Waals surface area contributed by atoms with E-state index in [0.29, 0.717) is 17.1 Å². The number of hydrogen-bond acceptors (Lipinski definition) is 2. The second kappa shape index (κ2) is 1.92. The van der Waals surface area contributed by atoms with Crippen LogP contribution >= 0.6 is 0 Å². The van der Waals surface area contributed by atoms with Crippen LogP contribution in [0.4, 0.5) is 0 Å². The summed E-state index contributed by atoms with van der Waals surface area (Å²) >= 11 is 0. The number of ketones is 1. The molecule has 66 valence electrons. The molecule has 3 aliphatic rings. The van der Waals surface area contributed by atoms with Gasteiger partial charge in [0.15, 0.2) is 0 Å². The van der Waals surface area contributed by atoms with Crippen molar-refractivity contribution in [1.29, 1.82) is 0 Å². The average Bonchev–Trinajstić information content (AvgIpc) is 2.46. The molecule has 0 aromatic heterocycles. The number of fused-ring (bicyclic) bond motifs is 1. The van der Waals surface area contributed by atoms with Gasteiger partial charge in [0.2, 0.25) is 0 Å². The van der Waals surface area contributed by atoms with Gasteiger partial charge in [0, 0.05) is 11.3 Å². The summed E-state index contributed by atoms with van der Waals surface area (Å²) in [6.45, 7) is 3.67. The van der Waals surface area contributed by atoms with Crippen molar-refractivity contribution in [3.63, 3.8) is 0 Å². The first kappa shape index (κ1) is 7.07. The molecule has 1 saturated heterocycles. The Hall–Kier alpha value is -0.370. The second-order valence-corrected chi connectivity index (χ2v) is 4.87. The Balaban J connectivity index is 1.69. The summed E-state index contributed by atoms with van der Waals surface area (Å²) < 4.78 is 5.24. The van der Waals surface area contributed by atoms with Crippen LogP contribution in [-0.4, -0.2) is 19.0 Å². The molecule has 1 spiro atoms. The summed E-state index contributed by atoms with van der Waals surface area (Å²) in [5.41, 5.74) is 0.529. The minimum atomic E-state index is 0.417. The molecule has 0 radical (unpaired) electrons. The number of ether oxygens (including phenoxy) is 1. The van der Waals surface area contributed by atoms with E-state index in [1.165, 1.54) is 12.8 Å². The summed E-state index contributed by atoms with van der Waals surface area (Å²) in [4.78, 5) is 11.1. The van der Waals surface area contributed by atoms with E-state index in [1.807, 2.05) is 0 Å². The number of carbonyl (C=O) groups excluding carboxylic acids is 1. The van der Waals surface area contributed by atoms with Crippen molar-refractivity contribution in [2.45, 2.75) is 19.8 Å². The molecule has 2 aliphatic carbocycles. The zero-order chi connectivity index (χ0) is 8.34. The standard InChI is InChI=1S/C10H14O2/c1-6(11)9-7-2-10(3-8(7)9)4-12-5-10/h7-9H,2-5H2,1H3/t7-,8-/m0/s1. The molecule has 0 bridgehead atoms. The molecule has 1 aliphatic heterocycles. The molecule has 0 aromatic carbocycles. The van der Waals surface area contributed by atoms with Gasteiger partial charge in [-0.25, -0.2) is 0 Å². The predicted molar refractivity (Wildman–Crippen MR) is 43.6 cm³/mol. The maximum absolute atomic E-state index is 11.1. The van der Waals surface area contributed by atoms with Crippen molar-refractivity contribution in [3.8, 4) is 0 Å². The van der Waals surface area contributed by atoms with Gasteiger partial charge < -0.3 is 4.74 Å². The molecule has 2 nitrogen and oxygen atoms in total. The maximum atomic E-state index is 11.1. The highest BCUT2D eigenvalue weighted by molar-refractivity contribution is 5.82. The zero-order valence-corrected chi connectivity index (χ0v) is 7.38. The Morgan fingerprint density at radius 2 is 1.92 bits per heavy atom. The van der Waals surface area contributed by atoms with E-state index in [0.717, 1.165) is 25.0 Å². The topological polar surface area (TPSA) is 26.3 Å². The number of Topliss-reactive ketones (excluding diaryl/α,β-unsaturated/α-hetero) is 1. The summed E-state index contributed by atoms with van der Waals surface area (Å²) in [7, 11) is 0. The first-order valence-electron chi connectivity index (χ1n) is 4.80. The molecule has 0 amide bonds. The molecule has 3 fully saturated rings. The van der Waals surface area contributed by atoms with Gasteiger partial charge in [-0.2, -0.15) is 0 Å². The Bertz CT molecular complexity index is 228. The van der Waals surface area contributed by atoms with Crippen LogP contribution in [-0.2, 0) is 9.53 Å². The molecule has 3 rings (SSSR count). The van der Waals surface area contributed by atoms with Gasteiger partial charge in [-0.15, -0.1) is 0 Å². The van der Waals surface area contributed by atoms with Crippen molar-refractivity contribution in [2.75, 3.05) is 13.2 Å². The van der Waals surface area contributed by atoms with Crippen molar-refractivity contribution in [2.24, 2.45) is 23.2 Å². The van der Waals surface area contributed by atoms with Crippen LogP contribution in [0.25, 0.3) is 0 Å². The fourth-order valence-corrected chi connectivity index (χ4v) is 3.31. The lowest BCUT2D eigenvalue weighted by Crippen LogP contribution is -2.41. The van der Waals surface area contributed by atoms with Crippen molar-refractivity contribution >= 4 is 5.78 Å². The SMILES string of the molecule is CC(=O)C1[C@H]2CC3(COC3)C[C@H]12. The summed E-state index contributed by atoms with van der Waals surface area (Å²) in [5.74, 6) is 2.34. The van der Waals surface area contributed by atoms with Crippen LogP contribution in [0.5, 0.6) is 0 Å². The fraction of sp³-hybridized carbons (Fsp3) is 0.900. The minimum absolute atomic E-state index is 0.417. The van der Waals surface area contributed by atoms with Crippen molar-refractivity contribution < 1.29 is 9.53 Å². The normalized spacial score (nSPS) is 46.9. The highest BCUT2D eigenvalue weighted by Crippen LogP contribution is 2.66. The second-order valence-electron chi connectivity index (χ2n) is 4.87. The van der Waals surface area contributed by atoms with Gasteiger partial charge in [-0.1, -0.05) is 0 Å². The van der Waals surface area contributed by atoms with E-state index in [2.05, 4.69) is 0 Å². The lowest BCUT2D eigenvalue weighted by atomic mass is 9.79.